The van der Waals surface area contributed by atoms with Crippen LogP contribution in [-0.2, 0) is 4.74 Å². The molecule has 0 saturated carbocycles. The number of hydrogen-bond donors (Lipinski definition) is 1. The maximum atomic E-state index is 13.4. The van der Waals surface area contributed by atoms with Crippen molar-refractivity contribution >= 4 is 11.7 Å². The average molecular weight is 250 g/mol. The van der Waals surface area contributed by atoms with Crippen molar-refractivity contribution in [3.05, 3.63) is 29.1 Å². The first-order valence-corrected chi connectivity index (χ1v) is 5.66. The number of nitrogens with zero attached hydrogens (tertiary/aromatic N) is 1. The summed E-state index contributed by atoms with van der Waals surface area (Å²) in [4.78, 5) is 11.6. The summed E-state index contributed by atoms with van der Waals surface area (Å²) in [5.41, 5.74) is 6.23. The lowest BCUT2D eigenvalue weighted by molar-refractivity contribution is 0.0498. The monoisotopic (exact) mass is 250 g/mol. The minimum atomic E-state index is -0.599. The van der Waals surface area contributed by atoms with E-state index in [2.05, 4.69) is 0 Å². The Kier molecular flexibility index (Phi) is 5.12. The lowest BCUT2D eigenvalue weighted by Crippen LogP contribution is -2.08. The number of rotatable bonds is 5. The van der Waals surface area contributed by atoms with Crippen LogP contribution in [0.15, 0.2) is 12.1 Å². The number of esters is 1. The number of nitrogens with two attached hydrogens (primary N) is 1. The molecule has 0 aliphatic heterocycles. The molecule has 0 aliphatic carbocycles. The van der Waals surface area contributed by atoms with Crippen molar-refractivity contribution in [2.75, 3.05) is 12.3 Å². The fraction of sp³-hybridized carbons (Fsp3) is 0.385. The SMILES string of the molecule is Cc1c(N)cc(C(=O)OCCCCC#N)cc1F. The smallest absolute Gasteiger partial charge is 0.338 e. The zero-order valence-electron chi connectivity index (χ0n) is 10.2. The van der Waals surface area contributed by atoms with Gasteiger partial charge in [0.2, 0.25) is 0 Å². The Hall–Kier alpha value is -2.09. The van der Waals surface area contributed by atoms with Crippen LogP contribution < -0.4 is 5.73 Å². The van der Waals surface area contributed by atoms with Crippen molar-refractivity contribution in [1.82, 2.24) is 0 Å². The molecular weight excluding hydrogens is 235 g/mol. The highest BCUT2D eigenvalue weighted by molar-refractivity contribution is 5.90. The second-order valence-electron chi connectivity index (χ2n) is 3.92. The quantitative estimate of drug-likeness (QED) is 0.495. The summed E-state index contributed by atoms with van der Waals surface area (Å²) in [7, 11) is 0. The van der Waals surface area contributed by atoms with Gasteiger partial charge in [-0.1, -0.05) is 0 Å². The van der Waals surface area contributed by atoms with Crippen molar-refractivity contribution in [2.24, 2.45) is 0 Å². The van der Waals surface area contributed by atoms with Gasteiger partial charge in [0, 0.05) is 17.7 Å². The van der Waals surface area contributed by atoms with Crippen LogP contribution in [0.3, 0.4) is 0 Å². The van der Waals surface area contributed by atoms with E-state index in [4.69, 9.17) is 15.7 Å². The van der Waals surface area contributed by atoms with Crippen LogP contribution >= 0.6 is 0 Å². The van der Waals surface area contributed by atoms with E-state index in [0.29, 0.717) is 24.8 Å². The predicted molar refractivity (Wildman–Crippen MR) is 65.3 cm³/mol. The first-order chi connectivity index (χ1) is 8.56. The van der Waals surface area contributed by atoms with E-state index < -0.39 is 11.8 Å². The summed E-state index contributed by atoms with van der Waals surface area (Å²) >= 11 is 0. The summed E-state index contributed by atoms with van der Waals surface area (Å²) < 4.78 is 18.3. The van der Waals surface area contributed by atoms with Crippen LogP contribution in [0.25, 0.3) is 0 Å². The van der Waals surface area contributed by atoms with E-state index in [0.717, 1.165) is 6.07 Å². The maximum absolute atomic E-state index is 13.4. The number of halogens is 1. The molecule has 0 atom stereocenters. The molecular formula is C13H15FN2O2. The number of anilines is 1. The largest absolute Gasteiger partial charge is 0.462 e. The van der Waals surface area contributed by atoms with E-state index in [9.17, 15) is 9.18 Å². The van der Waals surface area contributed by atoms with Crippen LogP contribution in [0.1, 0.15) is 35.2 Å². The molecule has 18 heavy (non-hydrogen) atoms. The van der Waals surface area contributed by atoms with Gasteiger partial charge < -0.3 is 10.5 Å². The Morgan fingerprint density at radius 3 is 2.83 bits per heavy atom. The molecule has 0 aliphatic rings. The van der Waals surface area contributed by atoms with Crippen LogP contribution in [-0.4, -0.2) is 12.6 Å². The number of unbranched alkanes of at least 4 members (excludes halogenated alkanes) is 2. The van der Waals surface area contributed by atoms with Crippen LogP contribution in [0.2, 0.25) is 0 Å². The van der Waals surface area contributed by atoms with Crippen molar-refractivity contribution in [3.8, 4) is 6.07 Å². The number of hydrogen-bond acceptors (Lipinski definition) is 4. The van der Waals surface area contributed by atoms with Crippen molar-refractivity contribution in [2.45, 2.75) is 26.2 Å². The number of carbonyl (C=O) groups is 1. The average Bonchev–Trinajstić information content (AvgIpc) is 2.34. The minimum Gasteiger partial charge on any atom is -0.462 e. The van der Waals surface area contributed by atoms with Gasteiger partial charge in [0.05, 0.1) is 18.2 Å². The number of ether oxygens (including phenoxy) is 1. The van der Waals surface area contributed by atoms with Crippen molar-refractivity contribution in [1.29, 1.82) is 5.26 Å². The van der Waals surface area contributed by atoms with E-state index in [-0.39, 0.29) is 17.9 Å². The molecule has 96 valence electrons. The highest BCUT2D eigenvalue weighted by Crippen LogP contribution is 2.18. The highest BCUT2D eigenvalue weighted by Gasteiger charge is 2.12. The van der Waals surface area contributed by atoms with Crippen molar-refractivity contribution in [3.63, 3.8) is 0 Å². The number of carbonyl (C=O) groups excluding carboxylic acids is 1. The fourth-order valence-electron chi connectivity index (χ4n) is 1.37. The lowest BCUT2D eigenvalue weighted by atomic mass is 10.1. The van der Waals surface area contributed by atoms with Gasteiger partial charge in [-0.25, -0.2) is 9.18 Å². The molecule has 5 heteroatoms. The Morgan fingerprint density at radius 1 is 1.50 bits per heavy atom. The summed E-state index contributed by atoms with van der Waals surface area (Å²) in [5, 5.41) is 8.33. The summed E-state index contributed by atoms with van der Waals surface area (Å²) in [5.74, 6) is -1.12. The molecule has 0 heterocycles. The number of nitrogen functional groups attached to an aromatic ring is 1. The van der Waals surface area contributed by atoms with Gasteiger partial charge >= 0.3 is 5.97 Å². The third kappa shape index (κ3) is 3.74. The third-order valence-corrected chi connectivity index (χ3v) is 2.54. The molecule has 0 radical (unpaired) electrons. The molecule has 0 amide bonds. The molecule has 1 aromatic carbocycles. The molecule has 2 N–H and O–H groups in total. The first kappa shape index (κ1) is 14.0. The van der Waals surface area contributed by atoms with Gasteiger partial charge in [0.25, 0.3) is 0 Å². The topological polar surface area (TPSA) is 76.1 Å². The molecule has 0 saturated heterocycles. The molecule has 0 aromatic heterocycles. The van der Waals surface area contributed by atoms with Gasteiger partial charge in [-0.3, -0.25) is 0 Å². The second-order valence-corrected chi connectivity index (χ2v) is 3.92. The van der Waals surface area contributed by atoms with Crippen LogP contribution in [0.5, 0.6) is 0 Å². The second kappa shape index (κ2) is 6.60. The third-order valence-electron chi connectivity index (χ3n) is 2.54. The maximum Gasteiger partial charge on any atom is 0.338 e. The summed E-state index contributed by atoms with van der Waals surface area (Å²) in [6, 6.07) is 4.52. The van der Waals surface area contributed by atoms with E-state index in [1.807, 2.05) is 6.07 Å². The zero-order chi connectivity index (χ0) is 13.5. The molecule has 0 fully saturated rings. The van der Waals surface area contributed by atoms with Crippen LogP contribution in [0, 0.1) is 24.1 Å². The fourth-order valence-corrected chi connectivity index (χ4v) is 1.37. The van der Waals surface area contributed by atoms with E-state index >= 15 is 0 Å². The Balaban J connectivity index is 2.55. The summed E-state index contributed by atoms with van der Waals surface area (Å²) in [6.07, 6.45) is 1.72. The standard InChI is InChI=1S/C13H15FN2O2/c1-9-11(14)7-10(8-12(9)16)13(17)18-6-4-2-3-5-15/h7-8H,2-4,6,16H2,1H3. The molecule has 1 aromatic rings. The van der Waals surface area contributed by atoms with Crippen molar-refractivity contribution < 1.29 is 13.9 Å². The molecule has 4 nitrogen and oxygen atoms in total. The van der Waals surface area contributed by atoms with Crippen LogP contribution in [0.4, 0.5) is 10.1 Å². The molecule has 1 rings (SSSR count). The van der Waals surface area contributed by atoms with E-state index in [1.54, 1.807) is 6.92 Å². The summed E-state index contributed by atoms with van der Waals surface area (Å²) in [6.45, 7) is 1.76. The molecule has 0 bridgehead atoms. The minimum absolute atomic E-state index is 0.107. The predicted octanol–water partition coefficient (Wildman–Crippen LogP) is 2.57. The molecule has 0 unspecified atom stereocenters. The Morgan fingerprint density at radius 2 is 2.22 bits per heavy atom. The van der Waals surface area contributed by atoms with Gasteiger partial charge in [-0.05, 0) is 31.9 Å². The van der Waals surface area contributed by atoms with Gasteiger partial charge in [-0.15, -0.1) is 0 Å². The van der Waals surface area contributed by atoms with Gasteiger partial charge in [0.1, 0.15) is 5.82 Å². The first-order valence-electron chi connectivity index (χ1n) is 5.66. The van der Waals surface area contributed by atoms with E-state index in [1.165, 1.54) is 6.07 Å². The number of nitriles is 1. The zero-order valence-corrected chi connectivity index (χ0v) is 10.2. The lowest BCUT2D eigenvalue weighted by Gasteiger charge is -2.07. The highest BCUT2D eigenvalue weighted by atomic mass is 19.1. The Bertz CT molecular complexity index is 457. The van der Waals surface area contributed by atoms with Gasteiger partial charge in [0.15, 0.2) is 0 Å². The number of benzene rings is 1. The Labute approximate surface area is 105 Å². The normalized spacial score (nSPS) is 9.83. The molecule has 0 spiro atoms. The van der Waals surface area contributed by atoms with Gasteiger partial charge in [-0.2, -0.15) is 5.26 Å².